The van der Waals surface area contributed by atoms with Crippen LogP contribution in [0.2, 0.25) is 0 Å². The lowest BCUT2D eigenvalue weighted by Crippen LogP contribution is -2.35. The molecule has 0 unspecified atom stereocenters. The molecule has 0 aliphatic heterocycles. The van der Waals surface area contributed by atoms with Gasteiger partial charge in [0.25, 0.3) is 0 Å². The van der Waals surface area contributed by atoms with E-state index in [-0.39, 0.29) is 6.09 Å². The minimum Gasteiger partial charge on any atom is -0.444 e. The zero-order valence-electron chi connectivity index (χ0n) is 17.9. The SMILES string of the molecule is CN(CCCN(C)c1nccc(Nc2cc(C3CC3)[nH]n2)n1)C(=O)OC(C)(C)C. The summed E-state index contributed by atoms with van der Waals surface area (Å²) in [6, 6.07) is 3.86. The van der Waals surface area contributed by atoms with Crippen LogP contribution < -0.4 is 10.2 Å². The lowest BCUT2D eigenvalue weighted by Gasteiger charge is -2.25. The molecule has 0 atom stereocenters. The molecule has 2 heterocycles. The fraction of sp³-hybridized carbons (Fsp3) is 0.600. The van der Waals surface area contributed by atoms with E-state index in [0.29, 0.717) is 30.8 Å². The zero-order chi connectivity index (χ0) is 21.0. The first-order valence-electron chi connectivity index (χ1n) is 10.0. The molecule has 2 aromatic rings. The molecule has 3 rings (SSSR count). The lowest BCUT2D eigenvalue weighted by molar-refractivity contribution is 0.0298. The highest BCUT2D eigenvalue weighted by Gasteiger charge is 2.25. The summed E-state index contributed by atoms with van der Waals surface area (Å²) in [5, 5.41) is 10.6. The van der Waals surface area contributed by atoms with Crippen LogP contribution in [-0.4, -0.2) is 63.9 Å². The molecule has 1 aliphatic rings. The quantitative estimate of drug-likeness (QED) is 0.698. The molecule has 2 aromatic heterocycles. The van der Waals surface area contributed by atoms with Crippen molar-refractivity contribution < 1.29 is 9.53 Å². The Balaban J connectivity index is 1.48. The minimum absolute atomic E-state index is 0.313. The number of H-pyrrole nitrogens is 1. The van der Waals surface area contributed by atoms with E-state index in [4.69, 9.17) is 4.74 Å². The molecular formula is C20H31N7O2. The molecular weight excluding hydrogens is 370 g/mol. The van der Waals surface area contributed by atoms with E-state index in [1.807, 2.05) is 44.9 Å². The Kier molecular flexibility index (Phi) is 6.24. The molecule has 158 valence electrons. The maximum atomic E-state index is 12.0. The first-order valence-corrected chi connectivity index (χ1v) is 10.0. The summed E-state index contributed by atoms with van der Waals surface area (Å²) in [7, 11) is 3.68. The van der Waals surface area contributed by atoms with Crippen molar-refractivity contribution in [2.75, 3.05) is 37.4 Å². The number of amides is 1. The Morgan fingerprint density at radius 3 is 2.72 bits per heavy atom. The molecule has 1 saturated carbocycles. The normalized spacial score (nSPS) is 13.8. The van der Waals surface area contributed by atoms with Gasteiger partial charge in [-0.1, -0.05) is 0 Å². The van der Waals surface area contributed by atoms with Crippen LogP contribution in [0.3, 0.4) is 0 Å². The van der Waals surface area contributed by atoms with Crippen LogP contribution in [0.25, 0.3) is 0 Å². The number of hydrogen-bond donors (Lipinski definition) is 2. The van der Waals surface area contributed by atoms with Crippen molar-refractivity contribution in [3.05, 3.63) is 24.0 Å². The van der Waals surface area contributed by atoms with Crippen molar-refractivity contribution in [3.8, 4) is 0 Å². The van der Waals surface area contributed by atoms with Gasteiger partial charge in [0.1, 0.15) is 11.4 Å². The second-order valence-corrected chi connectivity index (χ2v) is 8.53. The molecule has 0 bridgehead atoms. The third-order valence-electron chi connectivity index (χ3n) is 4.55. The number of ether oxygens (including phenoxy) is 1. The van der Waals surface area contributed by atoms with E-state index in [1.54, 1.807) is 18.1 Å². The summed E-state index contributed by atoms with van der Waals surface area (Å²) in [5.41, 5.74) is 0.685. The lowest BCUT2D eigenvalue weighted by atomic mass is 10.2. The first kappa shape index (κ1) is 20.9. The van der Waals surface area contributed by atoms with Gasteiger partial charge in [-0.25, -0.2) is 9.78 Å². The highest BCUT2D eigenvalue weighted by Crippen LogP contribution is 2.39. The number of aromatic amines is 1. The first-order chi connectivity index (χ1) is 13.7. The Morgan fingerprint density at radius 2 is 2.03 bits per heavy atom. The molecule has 0 aromatic carbocycles. The Hall–Kier alpha value is -2.84. The number of carbonyl (C=O) groups excluding carboxylic acids is 1. The van der Waals surface area contributed by atoms with Gasteiger partial charge in [-0.15, -0.1) is 0 Å². The largest absolute Gasteiger partial charge is 0.444 e. The monoisotopic (exact) mass is 401 g/mol. The number of carbonyl (C=O) groups is 1. The van der Waals surface area contributed by atoms with Gasteiger partial charge in [0.15, 0.2) is 5.82 Å². The Labute approximate surface area is 171 Å². The van der Waals surface area contributed by atoms with Crippen molar-refractivity contribution in [1.82, 2.24) is 25.1 Å². The molecule has 29 heavy (non-hydrogen) atoms. The molecule has 9 heteroatoms. The molecule has 2 N–H and O–H groups in total. The molecule has 1 amide bonds. The predicted octanol–water partition coefficient (Wildman–Crippen LogP) is 3.51. The fourth-order valence-corrected chi connectivity index (χ4v) is 2.81. The van der Waals surface area contributed by atoms with Crippen molar-refractivity contribution in [2.45, 2.75) is 51.6 Å². The van der Waals surface area contributed by atoms with Crippen LogP contribution >= 0.6 is 0 Å². The van der Waals surface area contributed by atoms with Crippen LogP contribution in [0.5, 0.6) is 0 Å². The standard InChI is InChI=1S/C20H31N7O2/c1-20(2,3)29-19(28)27(5)12-6-11-26(4)18-21-10-9-16(23-18)22-17-13-15(24-25-17)14-7-8-14/h9-10,13-14H,6-8,11-12H2,1-5H3,(H2,21,22,23,24,25). The summed E-state index contributed by atoms with van der Waals surface area (Å²) >= 11 is 0. The highest BCUT2D eigenvalue weighted by molar-refractivity contribution is 5.67. The Morgan fingerprint density at radius 1 is 1.28 bits per heavy atom. The molecule has 0 spiro atoms. The summed E-state index contributed by atoms with van der Waals surface area (Å²) in [6.07, 6.45) is 4.65. The number of aromatic nitrogens is 4. The molecule has 9 nitrogen and oxygen atoms in total. The summed E-state index contributed by atoms with van der Waals surface area (Å²) in [6.45, 7) is 6.89. The molecule has 0 radical (unpaired) electrons. The number of hydrogen-bond acceptors (Lipinski definition) is 7. The number of nitrogens with one attached hydrogen (secondary N) is 2. The van der Waals surface area contributed by atoms with E-state index < -0.39 is 5.60 Å². The molecule has 1 aliphatic carbocycles. The summed E-state index contributed by atoms with van der Waals surface area (Å²) in [5.74, 6) is 2.71. The minimum atomic E-state index is -0.489. The maximum Gasteiger partial charge on any atom is 0.410 e. The van der Waals surface area contributed by atoms with Gasteiger partial charge in [-0.05, 0) is 46.1 Å². The molecule has 1 fully saturated rings. The van der Waals surface area contributed by atoms with E-state index in [0.717, 1.165) is 12.2 Å². The van der Waals surface area contributed by atoms with Gasteiger partial charge in [0.2, 0.25) is 5.95 Å². The third-order valence-corrected chi connectivity index (χ3v) is 4.55. The smallest absolute Gasteiger partial charge is 0.410 e. The third kappa shape index (κ3) is 6.33. The second-order valence-electron chi connectivity index (χ2n) is 8.53. The van der Waals surface area contributed by atoms with Gasteiger partial charge in [0.05, 0.1) is 0 Å². The van der Waals surface area contributed by atoms with Crippen molar-refractivity contribution in [3.63, 3.8) is 0 Å². The van der Waals surface area contributed by atoms with Gasteiger partial charge in [-0.3, -0.25) is 5.10 Å². The second kappa shape index (κ2) is 8.67. The van der Waals surface area contributed by atoms with Crippen molar-refractivity contribution in [2.24, 2.45) is 0 Å². The highest BCUT2D eigenvalue weighted by atomic mass is 16.6. The molecule has 0 saturated heterocycles. The summed E-state index contributed by atoms with van der Waals surface area (Å²) in [4.78, 5) is 24.5. The van der Waals surface area contributed by atoms with Crippen molar-refractivity contribution >= 4 is 23.7 Å². The zero-order valence-corrected chi connectivity index (χ0v) is 17.9. The topological polar surface area (TPSA) is 99.3 Å². The average molecular weight is 402 g/mol. The number of rotatable bonds is 8. The van der Waals surface area contributed by atoms with Gasteiger partial charge < -0.3 is 19.9 Å². The van der Waals surface area contributed by atoms with E-state index in [1.165, 1.54) is 18.5 Å². The van der Waals surface area contributed by atoms with Crippen LogP contribution in [-0.2, 0) is 4.74 Å². The van der Waals surface area contributed by atoms with E-state index in [9.17, 15) is 4.79 Å². The van der Waals surface area contributed by atoms with Gasteiger partial charge in [-0.2, -0.15) is 10.1 Å². The van der Waals surface area contributed by atoms with Gasteiger partial charge in [0, 0.05) is 51.1 Å². The number of anilines is 3. The Bertz CT molecular complexity index is 826. The predicted molar refractivity (Wildman–Crippen MR) is 113 cm³/mol. The fourth-order valence-electron chi connectivity index (χ4n) is 2.81. The van der Waals surface area contributed by atoms with Crippen molar-refractivity contribution in [1.29, 1.82) is 0 Å². The van der Waals surface area contributed by atoms with Gasteiger partial charge >= 0.3 is 6.09 Å². The maximum absolute atomic E-state index is 12.0. The van der Waals surface area contributed by atoms with E-state index >= 15 is 0 Å². The van der Waals surface area contributed by atoms with E-state index in [2.05, 4.69) is 25.5 Å². The van der Waals surface area contributed by atoms with Crippen LogP contribution in [0.4, 0.5) is 22.4 Å². The average Bonchev–Trinajstić information content (AvgIpc) is 3.40. The number of nitrogens with zero attached hydrogens (tertiary/aromatic N) is 5. The van der Waals surface area contributed by atoms with Crippen LogP contribution in [0, 0.1) is 0 Å². The van der Waals surface area contributed by atoms with Crippen LogP contribution in [0.15, 0.2) is 18.3 Å². The summed E-state index contributed by atoms with van der Waals surface area (Å²) < 4.78 is 5.37. The van der Waals surface area contributed by atoms with Crippen LogP contribution in [0.1, 0.15) is 51.6 Å².